The number of thiazole rings is 1. The molecule has 3 heteroatoms. The molecule has 0 aliphatic heterocycles. The van der Waals surface area contributed by atoms with Crippen LogP contribution in [0.5, 0.6) is 0 Å². The molecule has 3 atom stereocenters. The van der Waals surface area contributed by atoms with E-state index in [1.807, 2.05) is 5.51 Å². The summed E-state index contributed by atoms with van der Waals surface area (Å²) in [6.45, 7) is 6.89. The zero-order chi connectivity index (χ0) is 11.8. The molecule has 3 unspecified atom stereocenters. The van der Waals surface area contributed by atoms with Crippen LogP contribution in [0.15, 0.2) is 10.9 Å². The second-order valence-corrected chi connectivity index (χ2v) is 6.47. The van der Waals surface area contributed by atoms with E-state index < -0.39 is 0 Å². The summed E-state index contributed by atoms with van der Waals surface area (Å²) >= 11 is 1.69. The minimum absolute atomic E-state index is 0.213. The summed E-state index contributed by atoms with van der Waals surface area (Å²) < 4.78 is 0. The fraction of sp³-hybridized carbons (Fsp3) is 0.769. The minimum atomic E-state index is 0.213. The van der Waals surface area contributed by atoms with Crippen molar-refractivity contribution in [1.29, 1.82) is 0 Å². The van der Waals surface area contributed by atoms with Crippen LogP contribution in [0.25, 0.3) is 0 Å². The lowest BCUT2D eigenvalue weighted by Crippen LogP contribution is -2.45. The fourth-order valence-corrected chi connectivity index (χ4v) is 3.75. The van der Waals surface area contributed by atoms with Crippen molar-refractivity contribution in [1.82, 2.24) is 4.98 Å². The van der Waals surface area contributed by atoms with E-state index >= 15 is 0 Å². The van der Waals surface area contributed by atoms with Gasteiger partial charge in [-0.2, -0.15) is 0 Å². The maximum absolute atomic E-state index is 6.34. The lowest BCUT2D eigenvalue weighted by Gasteiger charge is -2.42. The van der Waals surface area contributed by atoms with Gasteiger partial charge >= 0.3 is 0 Å². The molecule has 1 aromatic heterocycles. The molecule has 90 valence electrons. The summed E-state index contributed by atoms with van der Waals surface area (Å²) in [7, 11) is 0. The van der Waals surface area contributed by atoms with Crippen LogP contribution in [-0.2, 0) is 5.41 Å². The number of hydrogen-bond donors (Lipinski definition) is 1. The summed E-state index contributed by atoms with van der Waals surface area (Å²) in [5, 5.41) is 2.18. The fourth-order valence-electron chi connectivity index (χ4n) is 3.04. The van der Waals surface area contributed by atoms with E-state index in [9.17, 15) is 0 Å². The molecule has 1 aliphatic carbocycles. The van der Waals surface area contributed by atoms with Crippen molar-refractivity contribution in [3.8, 4) is 0 Å². The van der Waals surface area contributed by atoms with Gasteiger partial charge in [-0.15, -0.1) is 11.3 Å². The molecule has 16 heavy (non-hydrogen) atoms. The van der Waals surface area contributed by atoms with Crippen LogP contribution in [0.3, 0.4) is 0 Å². The second-order valence-electron chi connectivity index (χ2n) is 5.75. The van der Waals surface area contributed by atoms with Crippen molar-refractivity contribution < 1.29 is 0 Å². The lowest BCUT2D eigenvalue weighted by atomic mass is 9.65. The third kappa shape index (κ3) is 2.16. The molecule has 2 rings (SSSR count). The average molecular weight is 238 g/mol. The number of rotatable bonds is 2. The average Bonchev–Trinajstić information content (AvgIpc) is 2.69. The molecule has 1 fully saturated rings. The molecule has 2 N–H and O–H groups in total. The van der Waals surface area contributed by atoms with Gasteiger partial charge in [0.1, 0.15) is 0 Å². The molecule has 0 radical (unpaired) electrons. The third-order valence-electron chi connectivity index (χ3n) is 4.17. The van der Waals surface area contributed by atoms with Crippen LogP contribution in [0.2, 0.25) is 0 Å². The normalized spacial score (nSPS) is 35.6. The van der Waals surface area contributed by atoms with Gasteiger partial charge in [0.05, 0.1) is 11.2 Å². The van der Waals surface area contributed by atoms with Crippen LogP contribution in [-0.4, -0.2) is 11.0 Å². The van der Waals surface area contributed by atoms with Crippen LogP contribution in [0.1, 0.15) is 45.7 Å². The van der Waals surface area contributed by atoms with E-state index in [0.29, 0.717) is 17.9 Å². The van der Waals surface area contributed by atoms with E-state index in [2.05, 4.69) is 31.1 Å². The number of aromatic nitrogens is 1. The van der Waals surface area contributed by atoms with E-state index in [1.54, 1.807) is 11.3 Å². The second kappa shape index (κ2) is 4.46. The molecule has 0 saturated heterocycles. The maximum atomic E-state index is 6.34. The van der Waals surface area contributed by atoms with Crippen molar-refractivity contribution in [2.45, 2.75) is 51.5 Å². The lowest BCUT2D eigenvalue weighted by molar-refractivity contribution is 0.171. The smallest absolute Gasteiger partial charge is 0.0794 e. The first-order chi connectivity index (χ1) is 7.53. The minimum Gasteiger partial charge on any atom is -0.327 e. The summed E-state index contributed by atoms with van der Waals surface area (Å²) in [5.41, 5.74) is 9.73. The Morgan fingerprint density at radius 2 is 2.31 bits per heavy atom. The summed E-state index contributed by atoms with van der Waals surface area (Å²) in [4.78, 5) is 4.48. The first kappa shape index (κ1) is 12.1. The molecule has 0 aromatic carbocycles. The van der Waals surface area contributed by atoms with Crippen molar-refractivity contribution in [3.63, 3.8) is 0 Å². The standard InChI is InChI=1S/C13H22N2S/c1-9(2)10-4-5-13(3,6-11(10)14)12-7-16-8-15-12/h7-11H,4-6,14H2,1-3H3. The number of nitrogens with two attached hydrogens (primary N) is 1. The van der Waals surface area contributed by atoms with E-state index in [-0.39, 0.29) is 5.41 Å². The third-order valence-corrected chi connectivity index (χ3v) is 4.76. The van der Waals surface area contributed by atoms with Crippen molar-refractivity contribution in [3.05, 3.63) is 16.6 Å². The molecule has 0 bridgehead atoms. The van der Waals surface area contributed by atoms with Gasteiger partial charge in [-0.05, 0) is 31.1 Å². The van der Waals surface area contributed by atoms with Crippen molar-refractivity contribution in [2.24, 2.45) is 17.6 Å². The van der Waals surface area contributed by atoms with Gasteiger partial charge in [-0.1, -0.05) is 20.8 Å². The monoisotopic (exact) mass is 238 g/mol. The van der Waals surface area contributed by atoms with Gasteiger partial charge in [0.25, 0.3) is 0 Å². The highest BCUT2D eigenvalue weighted by atomic mass is 32.1. The SMILES string of the molecule is CC(C)C1CCC(C)(c2cscn2)CC1N. The highest BCUT2D eigenvalue weighted by Gasteiger charge is 2.39. The molecule has 1 aliphatic rings. The Balaban J connectivity index is 2.12. The largest absolute Gasteiger partial charge is 0.327 e. The Labute approximate surface area is 102 Å². The van der Waals surface area contributed by atoms with E-state index in [1.165, 1.54) is 18.5 Å². The van der Waals surface area contributed by atoms with E-state index in [4.69, 9.17) is 5.73 Å². The van der Waals surface area contributed by atoms with Crippen molar-refractivity contribution in [2.75, 3.05) is 0 Å². The number of hydrogen-bond acceptors (Lipinski definition) is 3. The molecule has 0 spiro atoms. The summed E-state index contributed by atoms with van der Waals surface area (Å²) in [6.07, 6.45) is 3.56. The molecule has 0 amide bonds. The Hall–Kier alpha value is -0.410. The van der Waals surface area contributed by atoms with Gasteiger partial charge in [0.15, 0.2) is 0 Å². The Morgan fingerprint density at radius 1 is 1.56 bits per heavy atom. The quantitative estimate of drug-likeness (QED) is 0.859. The molecule has 2 nitrogen and oxygen atoms in total. The molecule has 1 heterocycles. The van der Waals surface area contributed by atoms with Crippen LogP contribution >= 0.6 is 11.3 Å². The topological polar surface area (TPSA) is 38.9 Å². The first-order valence-electron chi connectivity index (χ1n) is 6.17. The predicted octanol–water partition coefficient (Wildman–Crippen LogP) is 3.18. The van der Waals surface area contributed by atoms with Gasteiger partial charge < -0.3 is 5.73 Å². The predicted molar refractivity (Wildman–Crippen MR) is 69.6 cm³/mol. The first-order valence-corrected chi connectivity index (χ1v) is 7.11. The van der Waals surface area contributed by atoms with E-state index in [0.717, 1.165) is 6.42 Å². The Bertz CT molecular complexity index is 334. The summed E-state index contributed by atoms with van der Waals surface area (Å²) in [5.74, 6) is 1.39. The zero-order valence-electron chi connectivity index (χ0n) is 10.4. The molecule has 1 saturated carbocycles. The Morgan fingerprint density at radius 3 is 2.81 bits per heavy atom. The zero-order valence-corrected chi connectivity index (χ0v) is 11.3. The van der Waals surface area contributed by atoms with Crippen LogP contribution < -0.4 is 5.73 Å². The maximum Gasteiger partial charge on any atom is 0.0794 e. The van der Waals surface area contributed by atoms with Crippen LogP contribution in [0, 0.1) is 11.8 Å². The molecular weight excluding hydrogens is 216 g/mol. The highest BCUT2D eigenvalue weighted by Crippen LogP contribution is 2.42. The van der Waals surface area contributed by atoms with Crippen molar-refractivity contribution >= 4 is 11.3 Å². The van der Waals surface area contributed by atoms with Gasteiger partial charge in [-0.3, -0.25) is 0 Å². The molecular formula is C13H22N2S. The molecule has 1 aromatic rings. The van der Waals surface area contributed by atoms with Gasteiger partial charge in [-0.25, -0.2) is 4.98 Å². The number of nitrogens with zero attached hydrogens (tertiary/aromatic N) is 1. The van der Waals surface area contributed by atoms with Crippen LogP contribution in [0.4, 0.5) is 0 Å². The summed E-state index contributed by atoms with van der Waals surface area (Å²) in [6, 6.07) is 0.334. The highest BCUT2D eigenvalue weighted by molar-refractivity contribution is 7.07. The van der Waals surface area contributed by atoms with Gasteiger partial charge in [0.2, 0.25) is 0 Å². The Kier molecular flexibility index (Phi) is 3.36. The van der Waals surface area contributed by atoms with Gasteiger partial charge in [0, 0.05) is 16.8 Å².